The zero-order chi connectivity index (χ0) is 25.8. The largest absolute Gasteiger partial charge is 0.354 e. The Balaban J connectivity index is 2.06. The third-order valence-electron chi connectivity index (χ3n) is 5.72. The summed E-state index contributed by atoms with van der Waals surface area (Å²) >= 11 is 0. The lowest BCUT2D eigenvalue weighted by Gasteiger charge is -2.26. The van der Waals surface area contributed by atoms with Gasteiger partial charge >= 0.3 is 0 Å². The lowest BCUT2D eigenvalue weighted by Crippen LogP contribution is -2.49. The molecule has 1 aliphatic rings. The fourth-order valence-corrected chi connectivity index (χ4v) is 3.93. The molecule has 188 valence electrons. The number of allylic oxidation sites excluding steroid dienone is 2. The van der Waals surface area contributed by atoms with Crippen molar-refractivity contribution in [2.75, 3.05) is 6.54 Å². The molecule has 0 saturated carbocycles. The van der Waals surface area contributed by atoms with Gasteiger partial charge in [-0.2, -0.15) is 0 Å². The summed E-state index contributed by atoms with van der Waals surface area (Å²) in [4.78, 5) is 62.3. The molecule has 0 aromatic heterocycles. The molecule has 2 rings (SSSR count). The zero-order valence-corrected chi connectivity index (χ0v) is 20.6. The molecule has 2 unspecified atom stereocenters. The quantitative estimate of drug-likeness (QED) is 0.313. The number of hydrogen-bond acceptors (Lipinski definition) is 5. The molecule has 35 heavy (non-hydrogen) atoms. The van der Waals surface area contributed by atoms with Crippen LogP contribution in [0.1, 0.15) is 63.2 Å². The highest BCUT2D eigenvalue weighted by Gasteiger charge is 2.31. The topological polar surface area (TPSA) is 121 Å². The summed E-state index contributed by atoms with van der Waals surface area (Å²) in [5, 5.41) is 8.13. The van der Waals surface area contributed by atoms with Crippen molar-refractivity contribution in [2.45, 2.75) is 65.0 Å². The second-order valence-electron chi connectivity index (χ2n) is 8.69. The van der Waals surface area contributed by atoms with Crippen molar-refractivity contribution in [3.8, 4) is 0 Å². The molecule has 1 aromatic carbocycles. The first kappa shape index (κ1) is 27.7. The van der Waals surface area contributed by atoms with Crippen molar-refractivity contribution in [1.29, 1.82) is 0 Å². The van der Waals surface area contributed by atoms with Crippen molar-refractivity contribution < 1.29 is 24.0 Å². The molecule has 0 radical (unpaired) electrons. The molecule has 0 spiro atoms. The predicted molar refractivity (Wildman–Crippen MR) is 133 cm³/mol. The van der Waals surface area contributed by atoms with Crippen molar-refractivity contribution >= 4 is 29.3 Å². The second kappa shape index (κ2) is 14.0. The summed E-state index contributed by atoms with van der Waals surface area (Å²) in [7, 11) is 0. The first-order valence-electron chi connectivity index (χ1n) is 12.0. The van der Waals surface area contributed by atoms with Crippen molar-refractivity contribution in [1.82, 2.24) is 16.0 Å². The molecule has 8 heteroatoms. The minimum absolute atomic E-state index is 0.0796. The van der Waals surface area contributed by atoms with Crippen LogP contribution in [0.4, 0.5) is 0 Å². The SMILES string of the molecule is CCCC(=O)N[C@H]1C(C(=O)CC(NC(C)=O)C(=O)NCCC(=O)c2ccccc2)=CCC=CC1C. The predicted octanol–water partition coefficient (Wildman–Crippen LogP) is 2.65. The Morgan fingerprint density at radius 2 is 1.74 bits per heavy atom. The highest BCUT2D eigenvalue weighted by atomic mass is 16.2. The molecular weight excluding hydrogens is 446 g/mol. The lowest BCUT2D eigenvalue weighted by atomic mass is 9.89. The average Bonchev–Trinajstić information content (AvgIpc) is 3.00. The number of amides is 3. The van der Waals surface area contributed by atoms with Crippen LogP contribution in [0, 0.1) is 5.92 Å². The van der Waals surface area contributed by atoms with E-state index in [4.69, 9.17) is 0 Å². The van der Waals surface area contributed by atoms with Crippen LogP contribution in [0.25, 0.3) is 0 Å². The number of Topliss-reactive ketones (excluding diaryl/α,β-unsaturated/α-hetero) is 2. The Labute approximate surface area is 206 Å². The molecule has 1 aliphatic carbocycles. The normalized spacial score (nSPS) is 18.0. The Hall–Kier alpha value is -3.55. The highest BCUT2D eigenvalue weighted by Crippen LogP contribution is 2.22. The van der Waals surface area contributed by atoms with Crippen LogP contribution in [-0.2, 0) is 19.2 Å². The molecule has 0 fully saturated rings. The van der Waals surface area contributed by atoms with Gasteiger partial charge in [0.2, 0.25) is 17.7 Å². The highest BCUT2D eigenvalue weighted by molar-refractivity contribution is 6.01. The fraction of sp³-hybridized carbons (Fsp3) is 0.444. The van der Waals surface area contributed by atoms with E-state index in [1.807, 2.05) is 32.1 Å². The summed E-state index contributed by atoms with van der Waals surface area (Å²) < 4.78 is 0. The molecular formula is C27H35N3O5. The minimum atomic E-state index is -1.09. The van der Waals surface area contributed by atoms with E-state index in [0.717, 1.165) is 0 Å². The number of hydrogen-bond donors (Lipinski definition) is 3. The fourth-order valence-electron chi connectivity index (χ4n) is 3.93. The van der Waals surface area contributed by atoms with Gasteiger partial charge in [0.15, 0.2) is 11.6 Å². The van der Waals surface area contributed by atoms with Gasteiger partial charge < -0.3 is 16.0 Å². The summed E-state index contributed by atoms with van der Waals surface area (Å²) in [5.74, 6) is -1.68. The zero-order valence-electron chi connectivity index (χ0n) is 20.6. The third-order valence-corrected chi connectivity index (χ3v) is 5.72. The Morgan fingerprint density at radius 3 is 2.40 bits per heavy atom. The van der Waals surface area contributed by atoms with Crippen molar-refractivity contribution in [3.63, 3.8) is 0 Å². The molecule has 1 aromatic rings. The molecule has 3 atom stereocenters. The van der Waals surface area contributed by atoms with Crippen LogP contribution >= 0.6 is 0 Å². The van der Waals surface area contributed by atoms with Gasteiger partial charge in [0, 0.05) is 43.9 Å². The van der Waals surface area contributed by atoms with Crippen molar-refractivity contribution in [3.05, 3.63) is 59.7 Å². The summed E-state index contributed by atoms with van der Waals surface area (Å²) in [5.41, 5.74) is 0.976. The van der Waals surface area contributed by atoms with Gasteiger partial charge in [0.05, 0.1) is 6.04 Å². The first-order chi connectivity index (χ1) is 16.7. The van der Waals surface area contributed by atoms with E-state index in [2.05, 4.69) is 16.0 Å². The Kier molecular flexibility index (Phi) is 11.1. The smallest absolute Gasteiger partial charge is 0.243 e. The maximum absolute atomic E-state index is 13.3. The molecule has 3 amide bonds. The number of carbonyl (C=O) groups is 5. The Morgan fingerprint density at radius 1 is 1.03 bits per heavy atom. The average molecular weight is 482 g/mol. The van der Waals surface area contributed by atoms with Crippen LogP contribution in [-0.4, -0.2) is 47.9 Å². The van der Waals surface area contributed by atoms with E-state index in [1.165, 1.54) is 6.92 Å². The van der Waals surface area contributed by atoms with Crippen LogP contribution < -0.4 is 16.0 Å². The molecule has 0 bridgehead atoms. The monoisotopic (exact) mass is 481 g/mol. The lowest BCUT2D eigenvalue weighted by molar-refractivity contribution is -0.130. The van der Waals surface area contributed by atoms with E-state index >= 15 is 0 Å². The molecule has 8 nitrogen and oxygen atoms in total. The third kappa shape index (κ3) is 8.96. The summed E-state index contributed by atoms with van der Waals surface area (Å²) in [6, 6.07) is 7.15. The van der Waals surface area contributed by atoms with Gasteiger partial charge in [0.1, 0.15) is 6.04 Å². The van der Waals surface area contributed by atoms with Crippen molar-refractivity contribution in [2.24, 2.45) is 5.92 Å². The number of nitrogens with one attached hydrogen (secondary N) is 3. The standard InChI is InChI=1S/C27H35N3O5/c1-4-10-25(34)30-26-18(2)11-8-9-14-21(26)24(33)17-22(29-19(3)31)27(35)28-16-15-23(32)20-12-6-5-7-13-20/h5-8,11-14,18,22,26H,4,9-10,15-17H2,1-3H3,(H,28,35)(H,29,31)(H,30,34)/t18?,22?,26-/m1/s1. The van der Waals surface area contributed by atoms with E-state index in [1.54, 1.807) is 30.3 Å². The van der Waals surface area contributed by atoms with E-state index in [0.29, 0.717) is 30.4 Å². The number of benzene rings is 1. The Bertz CT molecular complexity index is 984. The van der Waals surface area contributed by atoms with Crippen LogP contribution in [0.3, 0.4) is 0 Å². The van der Waals surface area contributed by atoms with Gasteiger partial charge in [-0.1, -0.05) is 62.4 Å². The summed E-state index contributed by atoms with van der Waals surface area (Å²) in [6.45, 7) is 5.17. The number of carbonyl (C=O) groups excluding carboxylic acids is 5. The minimum Gasteiger partial charge on any atom is -0.354 e. The van der Waals surface area contributed by atoms with Gasteiger partial charge in [-0.15, -0.1) is 0 Å². The van der Waals surface area contributed by atoms with Crippen LogP contribution in [0.2, 0.25) is 0 Å². The second-order valence-corrected chi connectivity index (χ2v) is 8.69. The van der Waals surface area contributed by atoms with Gasteiger partial charge in [-0.3, -0.25) is 24.0 Å². The molecule has 3 N–H and O–H groups in total. The van der Waals surface area contributed by atoms with E-state index < -0.39 is 23.9 Å². The molecule has 0 heterocycles. The molecule has 0 aliphatic heterocycles. The molecule has 0 saturated heterocycles. The number of rotatable bonds is 12. The van der Waals surface area contributed by atoms with Gasteiger partial charge in [-0.25, -0.2) is 0 Å². The summed E-state index contributed by atoms with van der Waals surface area (Å²) in [6.07, 6.45) is 7.07. The maximum atomic E-state index is 13.3. The first-order valence-corrected chi connectivity index (χ1v) is 12.0. The van der Waals surface area contributed by atoms with Crippen LogP contribution in [0.15, 0.2) is 54.1 Å². The van der Waals surface area contributed by atoms with Crippen LogP contribution in [0.5, 0.6) is 0 Å². The maximum Gasteiger partial charge on any atom is 0.243 e. The van der Waals surface area contributed by atoms with E-state index in [9.17, 15) is 24.0 Å². The van der Waals surface area contributed by atoms with Gasteiger partial charge in [-0.05, 0) is 18.8 Å². The van der Waals surface area contributed by atoms with E-state index in [-0.39, 0.29) is 42.8 Å². The number of ketones is 2. The van der Waals surface area contributed by atoms with Gasteiger partial charge in [0.25, 0.3) is 0 Å².